The Morgan fingerprint density at radius 1 is 1.06 bits per heavy atom. The molecule has 4 aliphatic carbocycles. The standard InChI is InChI=1S/C25H39N3O3/c1-23(30)10-11-25(16-31-3)17(14-23)4-5-18-19-6-7-21(24(19,2)9-8-20(18)25)22(29)15-28-26-12-13-27-28/h12-13,17-21,30H,4-11,14-16H2,1-3H3/t17-,18-,19-,20-,21+,23+,24-,25+/m0/s1. The number of rotatable bonds is 5. The van der Waals surface area contributed by atoms with Crippen LogP contribution in [0.3, 0.4) is 0 Å². The van der Waals surface area contributed by atoms with Gasteiger partial charge in [-0.1, -0.05) is 6.92 Å². The number of carbonyl (C=O) groups is 1. The lowest BCUT2D eigenvalue weighted by molar-refractivity contribution is -0.175. The summed E-state index contributed by atoms with van der Waals surface area (Å²) in [5.41, 5.74) is -0.210. The van der Waals surface area contributed by atoms with Crippen LogP contribution in [0.15, 0.2) is 12.4 Å². The molecule has 4 aliphatic rings. The van der Waals surface area contributed by atoms with Crippen LogP contribution in [-0.4, -0.2) is 45.2 Å². The van der Waals surface area contributed by atoms with Crippen LogP contribution in [0.2, 0.25) is 0 Å². The summed E-state index contributed by atoms with van der Waals surface area (Å²) in [6.45, 7) is 5.56. The average Bonchev–Trinajstić information content (AvgIpc) is 3.35. The van der Waals surface area contributed by atoms with Gasteiger partial charge in [0.2, 0.25) is 0 Å². The highest BCUT2D eigenvalue weighted by Crippen LogP contribution is 2.68. The molecule has 4 saturated carbocycles. The van der Waals surface area contributed by atoms with E-state index in [2.05, 4.69) is 17.1 Å². The van der Waals surface area contributed by atoms with Gasteiger partial charge in [-0.15, -0.1) is 0 Å². The number of nitrogens with zero attached hydrogens (tertiary/aromatic N) is 3. The van der Waals surface area contributed by atoms with Crippen LogP contribution in [-0.2, 0) is 16.1 Å². The molecule has 0 radical (unpaired) electrons. The SMILES string of the molecule is COC[C@]12CC[C@@](C)(O)C[C@@H]1CC[C@H]1[C@@H]3CC[C@H](C(=O)Cn4nccn4)[C@@]3(C)CC[C@@H]12. The first-order chi connectivity index (χ1) is 14.8. The molecule has 0 saturated heterocycles. The second-order valence-electron chi connectivity index (χ2n) is 11.7. The third-order valence-electron chi connectivity index (χ3n) is 10.2. The molecular formula is C25H39N3O3. The van der Waals surface area contributed by atoms with Gasteiger partial charge in [0.15, 0.2) is 5.78 Å². The van der Waals surface area contributed by atoms with Crippen molar-refractivity contribution >= 4 is 5.78 Å². The van der Waals surface area contributed by atoms with E-state index < -0.39 is 5.60 Å². The zero-order chi connectivity index (χ0) is 21.9. The van der Waals surface area contributed by atoms with Gasteiger partial charge in [0.05, 0.1) is 24.6 Å². The monoisotopic (exact) mass is 429 g/mol. The molecule has 1 heterocycles. The number of ketones is 1. The molecular weight excluding hydrogens is 390 g/mol. The molecule has 6 nitrogen and oxygen atoms in total. The van der Waals surface area contributed by atoms with Crippen LogP contribution < -0.4 is 0 Å². The highest BCUT2D eigenvalue weighted by molar-refractivity contribution is 5.82. The Balaban J connectivity index is 1.38. The second kappa shape index (κ2) is 7.65. The largest absolute Gasteiger partial charge is 0.390 e. The zero-order valence-corrected chi connectivity index (χ0v) is 19.4. The molecule has 5 rings (SSSR count). The molecule has 1 aromatic rings. The Morgan fingerprint density at radius 3 is 2.58 bits per heavy atom. The Morgan fingerprint density at radius 2 is 1.84 bits per heavy atom. The van der Waals surface area contributed by atoms with Gasteiger partial charge >= 0.3 is 0 Å². The van der Waals surface area contributed by atoms with Crippen molar-refractivity contribution in [2.24, 2.45) is 40.4 Å². The van der Waals surface area contributed by atoms with Gasteiger partial charge in [0, 0.05) is 13.0 Å². The smallest absolute Gasteiger partial charge is 0.159 e. The van der Waals surface area contributed by atoms with E-state index >= 15 is 0 Å². The fourth-order valence-electron chi connectivity index (χ4n) is 8.89. The van der Waals surface area contributed by atoms with E-state index in [1.807, 2.05) is 14.0 Å². The van der Waals surface area contributed by atoms with Crippen molar-refractivity contribution in [1.82, 2.24) is 15.0 Å². The molecule has 0 spiro atoms. The predicted octanol–water partition coefficient (Wildman–Crippen LogP) is 3.88. The minimum atomic E-state index is -0.524. The Bertz CT molecular complexity index is 809. The highest BCUT2D eigenvalue weighted by Gasteiger charge is 2.63. The van der Waals surface area contributed by atoms with E-state index in [1.165, 1.54) is 30.5 Å². The predicted molar refractivity (Wildman–Crippen MR) is 117 cm³/mol. The van der Waals surface area contributed by atoms with Crippen molar-refractivity contribution in [3.8, 4) is 0 Å². The van der Waals surface area contributed by atoms with Crippen molar-refractivity contribution in [3.63, 3.8) is 0 Å². The van der Waals surface area contributed by atoms with Crippen LogP contribution >= 0.6 is 0 Å². The molecule has 6 heteroatoms. The quantitative estimate of drug-likeness (QED) is 0.768. The van der Waals surface area contributed by atoms with Gasteiger partial charge in [-0.05, 0) is 99.2 Å². The maximum atomic E-state index is 13.2. The van der Waals surface area contributed by atoms with E-state index in [-0.39, 0.29) is 16.7 Å². The summed E-state index contributed by atoms with van der Waals surface area (Å²) in [6.07, 6.45) is 13.1. The van der Waals surface area contributed by atoms with Crippen molar-refractivity contribution in [2.75, 3.05) is 13.7 Å². The van der Waals surface area contributed by atoms with Gasteiger partial charge < -0.3 is 9.84 Å². The maximum absolute atomic E-state index is 13.2. The minimum absolute atomic E-state index is 0.104. The van der Waals surface area contributed by atoms with E-state index in [1.54, 1.807) is 12.4 Å². The number of hydrogen-bond donors (Lipinski definition) is 1. The lowest BCUT2D eigenvalue weighted by Crippen LogP contribution is -2.58. The van der Waals surface area contributed by atoms with Crippen molar-refractivity contribution < 1.29 is 14.6 Å². The molecule has 8 atom stereocenters. The highest BCUT2D eigenvalue weighted by atomic mass is 16.5. The Labute approximate surface area is 186 Å². The lowest BCUT2D eigenvalue weighted by Gasteiger charge is -2.62. The maximum Gasteiger partial charge on any atom is 0.159 e. The summed E-state index contributed by atoms with van der Waals surface area (Å²) < 4.78 is 5.86. The molecule has 0 aliphatic heterocycles. The van der Waals surface area contributed by atoms with E-state index in [0.29, 0.717) is 36.0 Å². The number of methoxy groups -OCH3 is 1. The van der Waals surface area contributed by atoms with Gasteiger partial charge in [-0.25, -0.2) is 0 Å². The van der Waals surface area contributed by atoms with E-state index in [9.17, 15) is 9.90 Å². The first-order valence-electron chi connectivity index (χ1n) is 12.4. The van der Waals surface area contributed by atoms with Gasteiger partial charge in [0.25, 0.3) is 0 Å². The zero-order valence-electron chi connectivity index (χ0n) is 19.4. The summed E-state index contributed by atoms with van der Waals surface area (Å²) in [4.78, 5) is 14.8. The number of aliphatic hydroxyl groups is 1. The topological polar surface area (TPSA) is 77.2 Å². The fraction of sp³-hybridized carbons (Fsp3) is 0.880. The van der Waals surface area contributed by atoms with Crippen molar-refractivity contribution in [3.05, 3.63) is 12.4 Å². The molecule has 1 N–H and O–H groups in total. The van der Waals surface area contributed by atoms with Crippen LogP contribution in [0.4, 0.5) is 0 Å². The van der Waals surface area contributed by atoms with Gasteiger partial charge in [0.1, 0.15) is 6.54 Å². The van der Waals surface area contributed by atoms with Crippen molar-refractivity contribution in [1.29, 1.82) is 0 Å². The summed E-state index contributed by atoms with van der Waals surface area (Å²) in [5.74, 6) is 2.99. The number of hydrogen-bond acceptors (Lipinski definition) is 5. The van der Waals surface area contributed by atoms with Gasteiger partial charge in [-0.2, -0.15) is 15.0 Å². The molecule has 172 valence electrons. The summed E-state index contributed by atoms with van der Waals surface area (Å²) in [6, 6.07) is 0. The van der Waals surface area contributed by atoms with Crippen LogP contribution in [0.5, 0.6) is 0 Å². The third kappa shape index (κ3) is 3.40. The third-order valence-corrected chi connectivity index (χ3v) is 10.2. The number of aromatic nitrogens is 3. The summed E-state index contributed by atoms with van der Waals surface area (Å²) in [5, 5.41) is 19.1. The summed E-state index contributed by atoms with van der Waals surface area (Å²) >= 11 is 0. The molecule has 0 aromatic carbocycles. The minimum Gasteiger partial charge on any atom is -0.390 e. The van der Waals surface area contributed by atoms with E-state index in [4.69, 9.17) is 4.74 Å². The Hall–Kier alpha value is -1.27. The number of carbonyl (C=O) groups excluding carboxylic acids is 1. The Kier molecular flexibility index (Phi) is 5.32. The molecule has 31 heavy (non-hydrogen) atoms. The van der Waals surface area contributed by atoms with E-state index in [0.717, 1.165) is 38.7 Å². The number of ether oxygens (including phenoxy) is 1. The lowest BCUT2D eigenvalue weighted by atomic mass is 9.43. The van der Waals surface area contributed by atoms with Crippen LogP contribution in [0.1, 0.15) is 71.6 Å². The number of fused-ring (bicyclic) bond motifs is 5. The summed E-state index contributed by atoms with van der Waals surface area (Å²) in [7, 11) is 1.85. The molecule has 0 unspecified atom stereocenters. The van der Waals surface area contributed by atoms with Crippen LogP contribution in [0.25, 0.3) is 0 Å². The second-order valence-corrected chi connectivity index (χ2v) is 11.7. The van der Waals surface area contributed by atoms with Gasteiger partial charge in [-0.3, -0.25) is 4.79 Å². The number of Topliss-reactive ketones (excluding diaryl/α,β-unsaturated/α-hetero) is 1. The van der Waals surface area contributed by atoms with Crippen molar-refractivity contribution in [2.45, 2.75) is 83.8 Å². The molecule has 1 aromatic heterocycles. The first kappa shape index (κ1) is 21.6. The molecule has 0 bridgehead atoms. The first-order valence-corrected chi connectivity index (χ1v) is 12.4. The fourth-order valence-corrected chi connectivity index (χ4v) is 8.89. The molecule has 4 fully saturated rings. The average molecular weight is 430 g/mol. The van der Waals surface area contributed by atoms with Crippen LogP contribution in [0, 0.1) is 40.4 Å². The molecule has 0 amide bonds. The normalized spacial score (nSPS) is 46.8.